The van der Waals surface area contributed by atoms with Gasteiger partial charge in [0.15, 0.2) is 9.84 Å². The van der Waals surface area contributed by atoms with E-state index in [0.717, 1.165) is 0 Å². The van der Waals surface area contributed by atoms with Crippen LogP contribution in [-0.2, 0) is 14.6 Å². The molecule has 4 rings (SSSR count). The summed E-state index contributed by atoms with van der Waals surface area (Å²) < 4.78 is 26.7. The standard InChI is InChI=1S/C24H21N5O5S/c30-22(31)14-21(17-5-3-9-25-15-17)35(33,34)20-8-2-7-19(13-20)28-23(32)16-4-1-6-18(12-16)29-24-26-10-11-27-24/h1-13,15,21H,14H2,(H,28,32)(H,30,31)(H2,26,27,29). The molecule has 35 heavy (non-hydrogen) atoms. The van der Waals surface area contributed by atoms with E-state index in [0.29, 0.717) is 17.2 Å². The zero-order chi connectivity index (χ0) is 24.8. The van der Waals surface area contributed by atoms with Gasteiger partial charge in [0.05, 0.1) is 11.3 Å². The summed E-state index contributed by atoms with van der Waals surface area (Å²) in [7, 11) is -4.10. The molecular formula is C24H21N5O5S. The zero-order valence-electron chi connectivity index (χ0n) is 18.3. The minimum absolute atomic E-state index is 0.112. The summed E-state index contributed by atoms with van der Waals surface area (Å²) >= 11 is 0. The molecule has 4 N–H and O–H groups in total. The number of hydrogen-bond donors (Lipinski definition) is 4. The summed E-state index contributed by atoms with van der Waals surface area (Å²) in [5.41, 5.74) is 1.50. The Balaban J connectivity index is 1.57. The molecule has 1 amide bonds. The van der Waals surface area contributed by atoms with Gasteiger partial charge in [0.25, 0.3) is 5.91 Å². The smallest absolute Gasteiger partial charge is 0.305 e. The molecule has 4 aromatic rings. The van der Waals surface area contributed by atoms with Gasteiger partial charge in [0.1, 0.15) is 5.25 Å². The van der Waals surface area contributed by atoms with E-state index in [-0.39, 0.29) is 16.1 Å². The van der Waals surface area contributed by atoms with Gasteiger partial charge in [-0.2, -0.15) is 0 Å². The van der Waals surface area contributed by atoms with Crippen LogP contribution < -0.4 is 10.6 Å². The van der Waals surface area contributed by atoms with Crippen LogP contribution in [0.4, 0.5) is 17.3 Å². The number of aromatic amines is 1. The number of carboxylic acid groups (broad SMARTS) is 1. The van der Waals surface area contributed by atoms with Gasteiger partial charge in [-0.25, -0.2) is 13.4 Å². The van der Waals surface area contributed by atoms with E-state index in [4.69, 9.17) is 0 Å². The van der Waals surface area contributed by atoms with Crippen LogP contribution in [0.2, 0.25) is 0 Å². The molecule has 1 atom stereocenters. The molecule has 11 heteroatoms. The number of aliphatic carboxylic acids is 1. The minimum Gasteiger partial charge on any atom is -0.481 e. The average molecular weight is 492 g/mol. The molecule has 2 heterocycles. The molecule has 0 spiro atoms. The van der Waals surface area contributed by atoms with Gasteiger partial charge in [0, 0.05) is 41.7 Å². The lowest BCUT2D eigenvalue weighted by atomic mass is 10.1. The van der Waals surface area contributed by atoms with Gasteiger partial charge in [-0.1, -0.05) is 18.2 Å². The molecule has 0 aliphatic rings. The molecule has 10 nitrogen and oxygen atoms in total. The maximum atomic E-state index is 13.4. The summed E-state index contributed by atoms with van der Waals surface area (Å²) in [5, 5.41) is 13.7. The first-order valence-electron chi connectivity index (χ1n) is 10.5. The van der Waals surface area contributed by atoms with Crippen molar-refractivity contribution < 1.29 is 23.1 Å². The first-order chi connectivity index (χ1) is 16.8. The quantitative estimate of drug-likeness (QED) is 0.276. The number of carbonyl (C=O) groups is 2. The Bertz CT molecular complexity index is 1440. The van der Waals surface area contributed by atoms with E-state index < -0.39 is 33.4 Å². The topological polar surface area (TPSA) is 154 Å². The number of amides is 1. The van der Waals surface area contributed by atoms with E-state index >= 15 is 0 Å². The Morgan fingerprint density at radius 3 is 2.51 bits per heavy atom. The average Bonchev–Trinajstić information content (AvgIpc) is 3.36. The van der Waals surface area contributed by atoms with Crippen molar-refractivity contribution in [2.24, 2.45) is 0 Å². The third kappa shape index (κ3) is 5.71. The molecule has 178 valence electrons. The second-order valence-electron chi connectivity index (χ2n) is 7.54. The van der Waals surface area contributed by atoms with Gasteiger partial charge in [0.2, 0.25) is 5.95 Å². The molecule has 1 unspecified atom stereocenters. The van der Waals surface area contributed by atoms with Crippen molar-refractivity contribution in [3.05, 3.63) is 96.6 Å². The monoisotopic (exact) mass is 491 g/mol. The number of pyridine rings is 1. The number of carbonyl (C=O) groups excluding carboxylic acids is 1. The SMILES string of the molecule is O=C(O)CC(c1cccnc1)S(=O)(=O)c1cccc(NC(=O)c2cccc(Nc3ncc[nH]3)c2)c1. The number of rotatable bonds is 9. The van der Waals surface area contributed by atoms with Crippen molar-refractivity contribution >= 4 is 39.0 Å². The number of nitrogens with one attached hydrogen (secondary N) is 3. The minimum atomic E-state index is -4.10. The molecular weight excluding hydrogens is 470 g/mol. The largest absolute Gasteiger partial charge is 0.481 e. The number of carboxylic acids is 1. The molecule has 0 fully saturated rings. The molecule has 0 saturated heterocycles. The zero-order valence-corrected chi connectivity index (χ0v) is 19.1. The van der Waals surface area contributed by atoms with E-state index in [1.807, 2.05) is 0 Å². The summed E-state index contributed by atoms with van der Waals surface area (Å²) in [6.07, 6.45) is 5.44. The highest BCUT2D eigenvalue weighted by Gasteiger charge is 2.31. The lowest BCUT2D eigenvalue weighted by Gasteiger charge is -2.17. The van der Waals surface area contributed by atoms with E-state index in [9.17, 15) is 23.1 Å². The molecule has 0 aliphatic heterocycles. The molecule has 0 saturated carbocycles. The van der Waals surface area contributed by atoms with Crippen molar-refractivity contribution in [1.29, 1.82) is 0 Å². The van der Waals surface area contributed by atoms with E-state index in [2.05, 4.69) is 25.6 Å². The van der Waals surface area contributed by atoms with Gasteiger partial charge in [-0.3, -0.25) is 14.6 Å². The van der Waals surface area contributed by atoms with Crippen LogP contribution in [0.5, 0.6) is 0 Å². The Morgan fingerprint density at radius 1 is 1.00 bits per heavy atom. The van der Waals surface area contributed by atoms with Crippen LogP contribution in [0, 0.1) is 0 Å². The Hall–Kier alpha value is -4.51. The maximum absolute atomic E-state index is 13.4. The molecule has 2 aromatic carbocycles. The van der Waals surface area contributed by atoms with Crippen LogP contribution in [0.25, 0.3) is 0 Å². The van der Waals surface area contributed by atoms with Gasteiger partial charge >= 0.3 is 5.97 Å². The Morgan fingerprint density at radius 2 is 1.80 bits per heavy atom. The number of H-pyrrole nitrogens is 1. The summed E-state index contributed by atoms with van der Waals surface area (Å²) in [6.45, 7) is 0. The van der Waals surface area contributed by atoms with Gasteiger partial charge in [-0.05, 0) is 48.0 Å². The fraction of sp³-hybridized carbons (Fsp3) is 0.0833. The molecule has 2 aromatic heterocycles. The molecule has 0 bridgehead atoms. The normalized spacial score (nSPS) is 12.0. The fourth-order valence-corrected chi connectivity index (χ4v) is 5.21. The summed E-state index contributed by atoms with van der Waals surface area (Å²) in [6, 6.07) is 15.5. The van der Waals surface area contributed by atoms with Crippen LogP contribution in [0.3, 0.4) is 0 Å². The summed E-state index contributed by atoms with van der Waals surface area (Å²) in [5.74, 6) is -1.18. The third-order valence-electron chi connectivity index (χ3n) is 5.10. The number of imidazole rings is 1. The van der Waals surface area contributed by atoms with Crippen molar-refractivity contribution in [3.63, 3.8) is 0 Å². The predicted octanol–water partition coefficient (Wildman–Crippen LogP) is 3.79. The lowest BCUT2D eigenvalue weighted by Crippen LogP contribution is -2.18. The Labute approximate surface area is 201 Å². The van der Waals surface area contributed by atoms with Gasteiger partial charge in [-0.15, -0.1) is 0 Å². The highest BCUT2D eigenvalue weighted by Crippen LogP contribution is 2.32. The number of aromatic nitrogens is 3. The second kappa shape index (κ2) is 10.2. The highest BCUT2D eigenvalue weighted by molar-refractivity contribution is 7.91. The van der Waals surface area contributed by atoms with Crippen LogP contribution in [0.15, 0.2) is 90.3 Å². The number of sulfone groups is 1. The fourth-order valence-electron chi connectivity index (χ4n) is 3.46. The Kier molecular flexibility index (Phi) is 6.88. The lowest BCUT2D eigenvalue weighted by molar-refractivity contribution is -0.137. The first kappa shape index (κ1) is 23.6. The highest BCUT2D eigenvalue weighted by atomic mass is 32.2. The van der Waals surface area contributed by atoms with Crippen molar-refractivity contribution in [3.8, 4) is 0 Å². The third-order valence-corrected chi connectivity index (χ3v) is 7.20. The molecule has 0 aliphatic carbocycles. The predicted molar refractivity (Wildman–Crippen MR) is 129 cm³/mol. The van der Waals surface area contributed by atoms with Crippen molar-refractivity contribution in [2.45, 2.75) is 16.6 Å². The maximum Gasteiger partial charge on any atom is 0.305 e. The van der Waals surface area contributed by atoms with Crippen LogP contribution in [0.1, 0.15) is 27.6 Å². The first-order valence-corrected chi connectivity index (χ1v) is 12.0. The van der Waals surface area contributed by atoms with Gasteiger partial charge < -0.3 is 20.7 Å². The number of nitrogens with zero attached hydrogens (tertiary/aromatic N) is 2. The van der Waals surface area contributed by atoms with E-state index in [1.54, 1.807) is 48.8 Å². The van der Waals surface area contributed by atoms with Crippen molar-refractivity contribution in [1.82, 2.24) is 15.0 Å². The van der Waals surface area contributed by atoms with Crippen LogP contribution >= 0.6 is 0 Å². The second-order valence-corrected chi connectivity index (χ2v) is 9.67. The number of anilines is 3. The molecule has 0 radical (unpaired) electrons. The number of benzene rings is 2. The number of hydrogen-bond acceptors (Lipinski definition) is 7. The van der Waals surface area contributed by atoms with Crippen LogP contribution in [-0.4, -0.2) is 40.4 Å². The summed E-state index contributed by atoms with van der Waals surface area (Å²) in [4.78, 5) is 35.0. The van der Waals surface area contributed by atoms with E-state index in [1.165, 1.54) is 36.7 Å². The van der Waals surface area contributed by atoms with Crippen molar-refractivity contribution in [2.75, 3.05) is 10.6 Å².